The summed E-state index contributed by atoms with van der Waals surface area (Å²) >= 11 is 6.42. The number of halogens is 1. The molecule has 2 amide bonds. The Morgan fingerprint density at radius 2 is 1.54 bits per heavy atom. The standard InChI is InChI=1S/C37H48ClN5O11/c1-12-49-30(46)37(21(2)44,18-23-16-14-13-15-17-23)50-19-24-36(10,11)26(51-22(3)45)29(52-24)42-20-39-25-27(42)40-31(38)41-28(25)43(32(47)53-34(4,5)6)33(48)54-35(7,8)9/h13-17,20,24,26,29H,12,18-19H2,1-11H3/t24-,26+,29-,37?/m1/s1. The Kier molecular flexibility index (Phi) is 12.4. The topological polar surface area (TPSA) is 188 Å². The number of hydrogen-bond acceptors (Lipinski definition) is 14. The zero-order valence-electron chi connectivity index (χ0n) is 32.4. The number of carbonyl (C=O) groups is 5. The molecular formula is C37H48ClN5O11. The largest absolute Gasteiger partial charge is 0.463 e. The molecule has 0 bridgehead atoms. The molecule has 17 heteroatoms. The Morgan fingerprint density at radius 3 is 2.06 bits per heavy atom. The van der Waals surface area contributed by atoms with Crippen LogP contribution in [0.2, 0.25) is 5.28 Å². The lowest BCUT2D eigenvalue weighted by molar-refractivity contribution is -0.183. The first-order valence-electron chi connectivity index (χ1n) is 17.4. The normalized spacial score (nSPS) is 19.4. The number of hydrogen-bond donors (Lipinski definition) is 0. The maximum Gasteiger partial charge on any atom is 0.425 e. The minimum absolute atomic E-state index is 0.00433. The summed E-state index contributed by atoms with van der Waals surface area (Å²) in [6, 6.07) is 8.89. The summed E-state index contributed by atoms with van der Waals surface area (Å²) in [5.74, 6) is -2.40. The van der Waals surface area contributed by atoms with E-state index in [-0.39, 0.29) is 41.9 Å². The van der Waals surface area contributed by atoms with Crippen LogP contribution in [-0.2, 0) is 49.2 Å². The smallest absolute Gasteiger partial charge is 0.425 e. The third kappa shape index (κ3) is 9.33. The molecule has 1 aliphatic rings. The molecule has 2 aromatic heterocycles. The van der Waals surface area contributed by atoms with Gasteiger partial charge >= 0.3 is 24.1 Å². The lowest BCUT2D eigenvalue weighted by atomic mass is 9.82. The molecule has 4 rings (SSSR count). The van der Waals surface area contributed by atoms with E-state index in [1.165, 1.54) is 24.7 Å². The number of benzene rings is 1. The number of esters is 2. The van der Waals surface area contributed by atoms with Crippen molar-refractivity contribution in [3.05, 3.63) is 47.5 Å². The average molecular weight is 774 g/mol. The van der Waals surface area contributed by atoms with Crippen LogP contribution in [0.5, 0.6) is 0 Å². The van der Waals surface area contributed by atoms with Gasteiger partial charge in [0.15, 0.2) is 35.1 Å². The summed E-state index contributed by atoms with van der Waals surface area (Å²) in [6.07, 6.45) is -4.12. The highest BCUT2D eigenvalue weighted by Crippen LogP contribution is 2.47. The zero-order chi connectivity index (χ0) is 40.4. The van der Waals surface area contributed by atoms with Gasteiger partial charge in [0.1, 0.15) is 11.2 Å². The van der Waals surface area contributed by atoms with Crippen LogP contribution in [0.4, 0.5) is 15.4 Å². The maximum atomic E-state index is 13.5. The first-order chi connectivity index (χ1) is 25.0. The lowest BCUT2D eigenvalue weighted by Gasteiger charge is -2.34. The molecule has 294 valence electrons. The summed E-state index contributed by atoms with van der Waals surface area (Å²) < 4.78 is 36.4. The Balaban J connectivity index is 1.80. The molecule has 1 aromatic carbocycles. The first kappa shape index (κ1) is 42.1. The number of Topliss-reactive ketones (excluding diaryl/α,β-unsaturated/α-hetero) is 1. The van der Waals surface area contributed by atoms with E-state index in [1.54, 1.807) is 86.6 Å². The zero-order valence-corrected chi connectivity index (χ0v) is 33.2. The highest BCUT2D eigenvalue weighted by molar-refractivity contribution is 6.29. The lowest BCUT2D eigenvalue weighted by Crippen LogP contribution is -2.53. The quantitative estimate of drug-likeness (QED) is 0.0932. The average Bonchev–Trinajstić information content (AvgIpc) is 3.55. The Morgan fingerprint density at radius 1 is 0.944 bits per heavy atom. The SMILES string of the molecule is CCOC(=O)C(Cc1ccccc1)(OC[C@H]1O[C@@H](n2cnc3c(N(C(=O)OC(C)(C)C)C(=O)OC(C)(C)C)nc(Cl)nc32)[C@H](OC(C)=O)C1(C)C)C(C)=O. The van der Waals surface area contributed by atoms with Crippen LogP contribution in [0.15, 0.2) is 36.7 Å². The number of aromatic nitrogens is 4. The van der Waals surface area contributed by atoms with Crippen LogP contribution in [-0.4, -0.2) is 91.7 Å². The van der Waals surface area contributed by atoms with Crippen molar-refractivity contribution in [2.75, 3.05) is 18.1 Å². The van der Waals surface area contributed by atoms with Gasteiger partial charge in [-0.05, 0) is 72.6 Å². The van der Waals surface area contributed by atoms with Crippen LogP contribution < -0.4 is 4.90 Å². The number of nitrogens with zero attached hydrogens (tertiary/aromatic N) is 5. The van der Waals surface area contributed by atoms with Crippen LogP contribution in [0, 0.1) is 5.41 Å². The molecule has 16 nitrogen and oxygen atoms in total. The van der Waals surface area contributed by atoms with Crippen molar-refractivity contribution in [1.29, 1.82) is 0 Å². The number of imide groups is 1. The van der Waals surface area contributed by atoms with Gasteiger partial charge in [0.05, 0.1) is 25.6 Å². The third-order valence-corrected chi connectivity index (χ3v) is 8.55. The second-order valence-corrected chi connectivity index (χ2v) is 15.7. The van der Waals surface area contributed by atoms with Crippen molar-refractivity contribution in [1.82, 2.24) is 19.5 Å². The number of fused-ring (bicyclic) bond motifs is 1. The maximum absolute atomic E-state index is 13.5. The molecule has 1 fully saturated rings. The van der Waals surface area contributed by atoms with Gasteiger partial charge in [-0.1, -0.05) is 44.2 Å². The molecule has 1 saturated heterocycles. The van der Waals surface area contributed by atoms with E-state index in [4.69, 9.17) is 40.0 Å². The van der Waals surface area contributed by atoms with Gasteiger partial charge in [-0.15, -0.1) is 0 Å². The monoisotopic (exact) mass is 773 g/mol. The highest BCUT2D eigenvalue weighted by Gasteiger charge is 2.56. The van der Waals surface area contributed by atoms with Crippen molar-refractivity contribution in [2.24, 2.45) is 5.41 Å². The van der Waals surface area contributed by atoms with Crippen LogP contribution in [0.1, 0.15) is 88.0 Å². The number of carbonyl (C=O) groups excluding carboxylic acids is 5. The summed E-state index contributed by atoms with van der Waals surface area (Å²) in [7, 11) is 0. The number of ketones is 1. The first-order valence-corrected chi connectivity index (χ1v) is 17.7. The molecule has 3 heterocycles. The van der Waals surface area contributed by atoms with Crippen molar-refractivity contribution in [3.8, 4) is 0 Å². The third-order valence-electron chi connectivity index (χ3n) is 8.38. The van der Waals surface area contributed by atoms with Gasteiger partial charge < -0.3 is 28.4 Å². The second kappa shape index (κ2) is 16.0. The Labute approximate surface area is 318 Å². The summed E-state index contributed by atoms with van der Waals surface area (Å²) in [5, 5.41) is -0.376. The van der Waals surface area contributed by atoms with Crippen molar-refractivity contribution < 1.29 is 52.4 Å². The minimum Gasteiger partial charge on any atom is -0.463 e. The molecule has 0 spiro atoms. The van der Waals surface area contributed by atoms with E-state index >= 15 is 0 Å². The highest BCUT2D eigenvalue weighted by atomic mass is 35.5. The van der Waals surface area contributed by atoms with Crippen LogP contribution >= 0.6 is 11.6 Å². The molecule has 0 aliphatic carbocycles. The van der Waals surface area contributed by atoms with E-state index in [1.807, 2.05) is 6.07 Å². The molecule has 4 atom stereocenters. The predicted octanol–water partition coefficient (Wildman–Crippen LogP) is 6.16. The molecule has 54 heavy (non-hydrogen) atoms. The Hall–Kier alpha value is -4.67. The summed E-state index contributed by atoms with van der Waals surface area (Å²) in [4.78, 5) is 79.8. The molecular weight excluding hydrogens is 726 g/mol. The van der Waals surface area contributed by atoms with E-state index in [0.717, 1.165) is 0 Å². The number of imidazole rings is 1. The van der Waals surface area contributed by atoms with E-state index in [9.17, 15) is 24.0 Å². The second-order valence-electron chi connectivity index (χ2n) is 15.4. The summed E-state index contributed by atoms with van der Waals surface area (Å²) in [6.45, 7) is 17.1. The van der Waals surface area contributed by atoms with Gasteiger partial charge in [0.2, 0.25) is 10.9 Å². The van der Waals surface area contributed by atoms with Crippen molar-refractivity contribution in [3.63, 3.8) is 0 Å². The van der Waals surface area contributed by atoms with Gasteiger partial charge in [0.25, 0.3) is 0 Å². The number of anilines is 1. The van der Waals surface area contributed by atoms with Crippen LogP contribution in [0.3, 0.4) is 0 Å². The molecule has 3 aromatic rings. The van der Waals surface area contributed by atoms with Crippen molar-refractivity contribution in [2.45, 2.75) is 118 Å². The van der Waals surface area contributed by atoms with Crippen LogP contribution in [0.25, 0.3) is 11.2 Å². The van der Waals surface area contributed by atoms with Gasteiger partial charge in [0, 0.05) is 18.8 Å². The van der Waals surface area contributed by atoms with Gasteiger partial charge in [-0.3, -0.25) is 14.2 Å². The van der Waals surface area contributed by atoms with E-state index in [0.29, 0.717) is 10.5 Å². The van der Waals surface area contributed by atoms with Gasteiger partial charge in [-0.2, -0.15) is 14.9 Å². The number of amides is 2. The fourth-order valence-electron chi connectivity index (χ4n) is 5.80. The molecule has 0 radical (unpaired) electrons. The van der Waals surface area contributed by atoms with Crippen molar-refractivity contribution >= 4 is 58.5 Å². The Bertz CT molecular complexity index is 1860. The fourth-order valence-corrected chi connectivity index (χ4v) is 5.96. The number of ether oxygens (including phenoxy) is 6. The predicted molar refractivity (Wildman–Crippen MR) is 195 cm³/mol. The minimum atomic E-state index is -2.02. The fraction of sp³-hybridized carbons (Fsp3) is 0.568. The molecule has 0 saturated carbocycles. The van der Waals surface area contributed by atoms with E-state index < -0.39 is 70.6 Å². The van der Waals surface area contributed by atoms with Gasteiger partial charge in [-0.25, -0.2) is 19.4 Å². The molecule has 1 unspecified atom stereocenters. The van der Waals surface area contributed by atoms with E-state index in [2.05, 4.69) is 15.0 Å². The summed E-state index contributed by atoms with van der Waals surface area (Å²) in [5.41, 5.74) is -4.50. The molecule has 1 aliphatic heterocycles. The number of rotatable bonds is 11. The molecule has 0 N–H and O–H groups in total.